The second kappa shape index (κ2) is 15.1. The second-order valence-electron chi connectivity index (χ2n) is 11.8. The van der Waals surface area contributed by atoms with Gasteiger partial charge in [-0.25, -0.2) is 14.6 Å². The van der Waals surface area contributed by atoms with Crippen molar-refractivity contribution in [3.63, 3.8) is 0 Å². The Morgan fingerprint density at radius 1 is 0.909 bits per heavy atom. The minimum absolute atomic E-state index is 0. The third-order valence-electron chi connectivity index (χ3n) is 8.94. The fourth-order valence-electron chi connectivity index (χ4n) is 6.47. The topological polar surface area (TPSA) is 152 Å². The van der Waals surface area contributed by atoms with Crippen LogP contribution in [0.25, 0.3) is 11.2 Å². The Kier molecular flexibility index (Phi) is 11.5. The molecule has 0 bridgehead atoms. The summed E-state index contributed by atoms with van der Waals surface area (Å²) in [7, 11) is 1.33. The number of esters is 1. The van der Waals surface area contributed by atoms with E-state index >= 15 is 0 Å². The summed E-state index contributed by atoms with van der Waals surface area (Å²) < 4.78 is 7.08. The largest absolute Gasteiger partial charge is 0.465 e. The molecule has 1 saturated heterocycles. The zero-order valence-electron chi connectivity index (χ0n) is 25.0. The van der Waals surface area contributed by atoms with Crippen molar-refractivity contribution >= 4 is 65.4 Å². The van der Waals surface area contributed by atoms with Gasteiger partial charge < -0.3 is 35.9 Å². The summed E-state index contributed by atoms with van der Waals surface area (Å²) in [5, 5.41) is 10.1. The first-order valence-corrected chi connectivity index (χ1v) is 15.2. The Morgan fingerprint density at radius 3 is 2.30 bits per heavy atom. The molecule has 6 rings (SSSR count). The number of rotatable bonds is 7. The minimum atomic E-state index is -0.485. The van der Waals surface area contributed by atoms with Gasteiger partial charge in [0.1, 0.15) is 0 Å². The molecule has 3 heterocycles. The molecule has 0 radical (unpaired) electrons. The molecule has 0 unspecified atom stereocenters. The molecule has 2 amide bonds. The molecule has 3 aromatic rings. The fraction of sp³-hybridized carbons (Fsp3) is 0.567. The molecule has 12 nitrogen and oxygen atoms in total. The highest BCUT2D eigenvalue weighted by molar-refractivity contribution is 6.00. The first-order valence-electron chi connectivity index (χ1n) is 15.2. The number of imidazole rings is 1. The number of amides is 2. The van der Waals surface area contributed by atoms with Crippen molar-refractivity contribution in [1.29, 1.82) is 0 Å². The molecule has 3 fully saturated rings. The van der Waals surface area contributed by atoms with Crippen molar-refractivity contribution in [2.75, 3.05) is 36.1 Å². The van der Waals surface area contributed by atoms with Crippen LogP contribution in [0.3, 0.4) is 0 Å². The highest BCUT2D eigenvalue weighted by Gasteiger charge is 2.27. The third kappa shape index (κ3) is 7.47. The minimum Gasteiger partial charge on any atom is -0.465 e. The van der Waals surface area contributed by atoms with Gasteiger partial charge in [0, 0.05) is 37.3 Å². The molecule has 2 aliphatic carbocycles. The van der Waals surface area contributed by atoms with Crippen LogP contribution in [0.1, 0.15) is 80.6 Å². The van der Waals surface area contributed by atoms with Crippen LogP contribution in [0.15, 0.2) is 30.6 Å². The zero-order chi connectivity index (χ0) is 29.1. The molecule has 1 aromatic carbocycles. The number of aromatic nitrogens is 4. The summed E-state index contributed by atoms with van der Waals surface area (Å²) in [6.45, 7) is 1.14. The van der Waals surface area contributed by atoms with Crippen molar-refractivity contribution in [3.05, 3.63) is 36.2 Å². The number of benzene rings is 1. The lowest BCUT2D eigenvalue weighted by Gasteiger charge is -2.33. The van der Waals surface area contributed by atoms with Crippen LogP contribution >= 0.6 is 24.8 Å². The predicted molar refractivity (Wildman–Crippen MR) is 176 cm³/mol. The molecule has 2 saturated carbocycles. The number of hydrogen-bond donors (Lipinski definition) is 4. The number of halogens is 2. The average molecular weight is 649 g/mol. The SMILES string of the molecule is COC(=O)c1ccccc1NC(=O)N1CCC(Nc2nc(N[C@H]3CC[C@H](N)CC3)nc3c2ncn3C2CCCC2)CC1.Cl.Cl. The molecule has 0 atom stereocenters. The maximum Gasteiger partial charge on any atom is 0.339 e. The molecule has 14 heteroatoms. The number of ether oxygens (including phenoxy) is 1. The van der Waals surface area contributed by atoms with Crippen LogP contribution in [-0.4, -0.2) is 74.7 Å². The summed E-state index contributed by atoms with van der Waals surface area (Å²) in [6, 6.07) is 7.77. The summed E-state index contributed by atoms with van der Waals surface area (Å²) in [6.07, 6.45) is 12.2. The Balaban J connectivity index is 0.00000221. The third-order valence-corrected chi connectivity index (χ3v) is 8.94. The maximum atomic E-state index is 13.0. The molecule has 1 aliphatic heterocycles. The normalized spacial score (nSPS) is 20.8. The lowest BCUT2D eigenvalue weighted by molar-refractivity contribution is 0.0602. The van der Waals surface area contributed by atoms with Gasteiger partial charge in [-0.3, -0.25) is 0 Å². The number of urea groups is 1. The average Bonchev–Trinajstić information content (AvgIpc) is 3.69. The number of nitrogens with two attached hydrogens (primary N) is 1. The quantitative estimate of drug-likeness (QED) is 0.248. The van der Waals surface area contributed by atoms with E-state index in [1.54, 1.807) is 29.2 Å². The van der Waals surface area contributed by atoms with Gasteiger partial charge >= 0.3 is 12.0 Å². The molecule has 5 N–H and O–H groups in total. The lowest BCUT2D eigenvalue weighted by atomic mass is 9.92. The summed E-state index contributed by atoms with van der Waals surface area (Å²) >= 11 is 0. The van der Waals surface area contributed by atoms with Gasteiger partial charge in [-0.15, -0.1) is 24.8 Å². The molecule has 240 valence electrons. The van der Waals surface area contributed by atoms with Gasteiger partial charge in [0.25, 0.3) is 0 Å². The number of nitrogens with one attached hydrogen (secondary N) is 3. The van der Waals surface area contributed by atoms with Crippen LogP contribution in [0.5, 0.6) is 0 Å². The fourth-order valence-corrected chi connectivity index (χ4v) is 6.47. The lowest BCUT2D eigenvalue weighted by Crippen LogP contribution is -2.44. The van der Waals surface area contributed by atoms with Gasteiger partial charge in [-0.1, -0.05) is 25.0 Å². The van der Waals surface area contributed by atoms with Gasteiger partial charge in [0.2, 0.25) is 5.95 Å². The van der Waals surface area contributed by atoms with E-state index in [-0.39, 0.29) is 42.9 Å². The van der Waals surface area contributed by atoms with Crippen molar-refractivity contribution in [3.8, 4) is 0 Å². The maximum absolute atomic E-state index is 13.0. The smallest absolute Gasteiger partial charge is 0.339 e. The van der Waals surface area contributed by atoms with E-state index < -0.39 is 5.97 Å². The molecule has 3 aliphatic rings. The van der Waals surface area contributed by atoms with E-state index in [9.17, 15) is 9.59 Å². The van der Waals surface area contributed by atoms with E-state index in [2.05, 4.69) is 20.5 Å². The number of likely N-dealkylation sites (tertiary alicyclic amines) is 1. The predicted octanol–water partition coefficient (Wildman–Crippen LogP) is 5.36. The van der Waals surface area contributed by atoms with E-state index in [0.29, 0.717) is 42.4 Å². The summed E-state index contributed by atoms with van der Waals surface area (Å²) in [5.41, 5.74) is 8.56. The Hall–Kier alpha value is -3.35. The highest BCUT2D eigenvalue weighted by atomic mass is 35.5. The Labute approximate surface area is 270 Å². The van der Waals surface area contributed by atoms with E-state index in [0.717, 1.165) is 68.3 Å². The van der Waals surface area contributed by atoms with Crippen LogP contribution < -0.4 is 21.7 Å². The van der Waals surface area contributed by atoms with Gasteiger partial charge in [-0.05, 0) is 63.5 Å². The monoisotopic (exact) mass is 647 g/mol. The van der Waals surface area contributed by atoms with Crippen molar-refractivity contribution in [2.45, 2.75) is 88.4 Å². The molecule has 0 spiro atoms. The van der Waals surface area contributed by atoms with Gasteiger partial charge in [-0.2, -0.15) is 9.97 Å². The van der Waals surface area contributed by atoms with Crippen molar-refractivity contribution in [1.82, 2.24) is 24.4 Å². The van der Waals surface area contributed by atoms with E-state index in [4.69, 9.17) is 25.4 Å². The molecular formula is C30H43Cl2N9O3. The number of methoxy groups -OCH3 is 1. The van der Waals surface area contributed by atoms with Gasteiger partial charge in [0.15, 0.2) is 17.0 Å². The molecule has 44 heavy (non-hydrogen) atoms. The Morgan fingerprint density at radius 2 is 1.59 bits per heavy atom. The second-order valence-corrected chi connectivity index (χ2v) is 11.8. The number of fused-ring (bicyclic) bond motifs is 1. The van der Waals surface area contributed by atoms with Crippen LogP contribution in [0.2, 0.25) is 0 Å². The number of piperidine rings is 1. The molecular weight excluding hydrogens is 605 g/mol. The molecule has 2 aromatic heterocycles. The van der Waals surface area contributed by atoms with Crippen LogP contribution in [0.4, 0.5) is 22.2 Å². The Bertz CT molecular complexity index is 1420. The zero-order valence-corrected chi connectivity index (χ0v) is 26.7. The van der Waals surface area contributed by atoms with E-state index in [1.807, 2.05) is 6.33 Å². The number of hydrogen-bond acceptors (Lipinski definition) is 9. The number of carbonyl (C=O) groups is 2. The standard InChI is InChI=1S/C30H41N9O3.2ClH/c1-42-28(40)23-8-4-5-9-24(23)35-30(41)38-16-14-21(15-17-38)33-26-25-27(39(18-32-25)22-6-2-3-7-22)37-29(36-26)34-20-12-10-19(31)11-13-20;;/h4-5,8-9,18-22H,2-3,6-7,10-17,31H2,1H3,(H,35,41)(H2,33,34,36,37);2*1H/t19-,20-;;. The van der Waals surface area contributed by atoms with Crippen molar-refractivity contribution in [2.24, 2.45) is 5.73 Å². The van der Waals surface area contributed by atoms with Crippen LogP contribution in [-0.2, 0) is 4.74 Å². The number of anilines is 3. The number of para-hydroxylation sites is 1. The first-order chi connectivity index (χ1) is 20.5. The van der Waals surface area contributed by atoms with Crippen molar-refractivity contribution < 1.29 is 14.3 Å². The summed E-state index contributed by atoms with van der Waals surface area (Å²) in [5.74, 6) is 0.884. The van der Waals surface area contributed by atoms with E-state index in [1.165, 1.54) is 20.0 Å². The summed E-state index contributed by atoms with van der Waals surface area (Å²) in [4.78, 5) is 41.6. The number of carbonyl (C=O) groups excluding carboxylic acids is 2. The van der Waals surface area contributed by atoms with Gasteiger partial charge in [0.05, 0.1) is 24.7 Å². The number of nitrogens with zero attached hydrogens (tertiary/aromatic N) is 5. The highest BCUT2D eigenvalue weighted by Crippen LogP contribution is 2.34. The van der Waals surface area contributed by atoms with Crippen LogP contribution in [0, 0.1) is 0 Å². The first kappa shape index (κ1) is 33.5.